The Morgan fingerprint density at radius 1 is 1.07 bits per heavy atom. The molecule has 0 aromatic heterocycles. The third-order valence-corrected chi connectivity index (χ3v) is 5.75. The van der Waals surface area contributed by atoms with Crippen LogP contribution < -0.4 is 10.6 Å². The van der Waals surface area contributed by atoms with Crippen molar-refractivity contribution in [2.75, 3.05) is 11.9 Å². The Kier molecular flexibility index (Phi) is 6.67. The minimum atomic E-state index is -0.818. The number of imide groups is 1. The molecule has 1 aromatic rings. The molecule has 7 nitrogen and oxygen atoms in total. The number of carbonyl (C=O) groups excluding carboxylic acids is 4. The van der Waals surface area contributed by atoms with Gasteiger partial charge < -0.3 is 10.6 Å². The maximum absolute atomic E-state index is 12.8. The number of hydrogen-bond donors (Lipinski definition) is 2. The molecular formula is C22H29N3O4. The molecule has 7 heteroatoms. The minimum absolute atomic E-state index is 0.0466. The topological polar surface area (TPSA) is 95.6 Å². The zero-order valence-electron chi connectivity index (χ0n) is 17.0. The van der Waals surface area contributed by atoms with E-state index in [1.807, 2.05) is 0 Å². The lowest BCUT2D eigenvalue weighted by Gasteiger charge is -2.30. The van der Waals surface area contributed by atoms with Gasteiger partial charge in [-0.3, -0.25) is 19.3 Å². The van der Waals surface area contributed by atoms with Crippen LogP contribution in [-0.2, 0) is 9.59 Å². The van der Waals surface area contributed by atoms with Crippen LogP contribution in [0.2, 0.25) is 0 Å². The van der Waals surface area contributed by atoms with Crippen LogP contribution in [0.5, 0.6) is 0 Å². The summed E-state index contributed by atoms with van der Waals surface area (Å²) in [6.45, 7) is 1.82. The summed E-state index contributed by atoms with van der Waals surface area (Å²) in [5.74, 6) is -0.636. The van der Waals surface area contributed by atoms with Crippen molar-refractivity contribution in [2.24, 2.45) is 0 Å². The van der Waals surface area contributed by atoms with Gasteiger partial charge in [-0.05, 0) is 43.5 Å². The summed E-state index contributed by atoms with van der Waals surface area (Å²) in [5, 5.41) is 5.63. The molecule has 3 rings (SSSR count). The molecule has 0 radical (unpaired) electrons. The van der Waals surface area contributed by atoms with E-state index in [-0.39, 0.29) is 24.1 Å². The monoisotopic (exact) mass is 399 g/mol. The Balaban J connectivity index is 1.57. The molecule has 2 aliphatic rings. The summed E-state index contributed by atoms with van der Waals surface area (Å²) in [7, 11) is 0. The Labute approximate surface area is 171 Å². The van der Waals surface area contributed by atoms with Gasteiger partial charge in [0.05, 0.1) is 6.54 Å². The van der Waals surface area contributed by atoms with Crippen molar-refractivity contribution in [3.63, 3.8) is 0 Å². The third-order valence-electron chi connectivity index (χ3n) is 5.75. The van der Waals surface area contributed by atoms with E-state index in [9.17, 15) is 19.2 Å². The molecule has 2 fully saturated rings. The van der Waals surface area contributed by atoms with Crippen LogP contribution in [0.4, 0.5) is 10.5 Å². The van der Waals surface area contributed by atoms with Gasteiger partial charge in [0.2, 0.25) is 5.91 Å². The minimum Gasteiger partial charge on any atom is -0.326 e. The highest BCUT2D eigenvalue weighted by Crippen LogP contribution is 2.33. The van der Waals surface area contributed by atoms with Crippen LogP contribution in [0.25, 0.3) is 0 Å². The van der Waals surface area contributed by atoms with Gasteiger partial charge in [-0.25, -0.2) is 4.79 Å². The Morgan fingerprint density at radius 3 is 2.41 bits per heavy atom. The fraction of sp³-hybridized carbons (Fsp3) is 0.545. The predicted octanol–water partition coefficient (Wildman–Crippen LogP) is 3.64. The number of Topliss-reactive ketones (excluding diaryl/α,β-unsaturated/α-hetero) is 1. The molecular weight excluding hydrogens is 370 g/mol. The van der Waals surface area contributed by atoms with Crippen molar-refractivity contribution >= 4 is 29.3 Å². The van der Waals surface area contributed by atoms with E-state index in [1.54, 1.807) is 24.3 Å². The highest BCUT2D eigenvalue weighted by Gasteiger charge is 2.51. The van der Waals surface area contributed by atoms with E-state index in [4.69, 9.17) is 0 Å². The van der Waals surface area contributed by atoms with E-state index in [2.05, 4.69) is 17.6 Å². The van der Waals surface area contributed by atoms with E-state index in [0.29, 0.717) is 30.5 Å². The van der Waals surface area contributed by atoms with Gasteiger partial charge in [0, 0.05) is 17.7 Å². The predicted molar refractivity (Wildman–Crippen MR) is 110 cm³/mol. The van der Waals surface area contributed by atoms with Gasteiger partial charge in [-0.1, -0.05) is 39.0 Å². The third kappa shape index (κ3) is 4.83. The Hall–Kier alpha value is -2.70. The molecule has 4 amide bonds. The maximum atomic E-state index is 12.8. The van der Waals surface area contributed by atoms with Crippen LogP contribution in [0.15, 0.2) is 24.3 Å². The zero-order chi connectivity index (χ0) is 20.9. The van der Waals surface area contributed by atoms with Crippen LogP contribution >= 0.6 is 0 Å². The summed E-state index contributed by atoms with van der Waals surface area (Å²) in [6, 6.07) is 6.07. The summed E-state index contributed by atoms with van der Waals surface area (Å²) in [6.07, 6.45) is 7.54. The van der Waals surface area contributed by atoms with Gasteiger partial charge in [0.1, 0.15) is 5.54 Å². The summed E-state index contributed by atoms with van der Waals surface area (Å²) >= 11 is 0. The summed E-state index contributed by atoms with van der Waals surface area (Å²) in [4.78, 5) is 50.6. The Bertz CT molecular complexity index is 782. The number of nitrogens with zero attached hydrogens (tertiary/aromatic N) is 1. The highest BCUT2D eigenvalue weighted by atomic mass is 16.2. The normalized spacial score (nSPS) is 18.0. The Morgan fingerprint density at radius 2 is 1.76 bits per heavy atom. The molecule has 1 aliphatic heterocycles. The molecule has 0 atom stereocenters. The van der Waals surface area contributed by atoms with Gasteiger partial charge >= 0.3 is 6.03 Å². The van der Waals surface area contributed by atoms with E-state index in [1.165, 1.54) is 0 Å². The van der Waals surface area contributed by atoms with Crippen LogP contribution in [0.1, 0.15) is 75.1 Å². The summed E-state index contributed by atoms with van der Waals surface area (Å²) < 4.78 is 0. The van der Waals surface area contributed by atoms with Crippen LogP contribution in [0.3, 0.4) is 0 Å². The van der Waals surface area contributed by atoms with Gasteiger partial charge in [0.25, 0.3) is 5.91 Å². The van der Waals surface area contributed by atoms with Crippen molar-refractivity contribution in [1.29, 1.82) is 0 Å². The molecule has 1 aromatic carbocycles. The average molecular weight is 399 g/mol. The lowest BCUT2D eigenvalue weighted by Crippen LogP contribution is -2.48. The number of rotatable bonds is 8. The quantitative estimate of drug-likeness (QED) is 0.396. The van der Waals surface area contributed by atoms with Crippen molar-refractivity contribution in [3.05, 3.63) is 29.8 Å². The fourth-order valence-corrected chi connectivity index (χ4v) is 4.05. The van der Waals surface area contributed by atoms with Crippen LogP contribution in [-0.4, -0.2) is 40.6 Å². The molecule has 156 valence electrons. The molecule has 1 heterocycles. The smallest absolute Gasteiger partial charge is 0.325 e. The van der Waals surface area contributed by atoms with E-state index in [0.717, 1.165) is 43.4 Å². The second-order valence-corrected chi connectivity index (χ2v) is 7.97. The number of anilines is 1. The molecule has 1 spiro atoms. The number of hydrogen-bond acceptors (Lipinski definition) is 4. The van der Waals surface area contributed by atoms with Crippen molar-refractivity contribution in [3.8, 4) is 0 Å². The number of urea groups is 1. The SMILES string of the molecule is CCCCCC(=O)Nc1ccc(C(=O)CN2C(=O)NC3(CCCCC3)C2=O)cc1. The number of unbranched alkanes of at least 4 members (excludes halogenated alkanes) is 2. The first kappa shape index (κ1) is 21.0. The number of nitrogens with one attached hydrogen (secondary N) is 2. The molecule has 2 N–H and O–H groups in total. The maximum Gasteiger partial charge on any atom is 0.325 e. The molecule has 1 saturated heterocycles. The fourth-order valence-electron chi connectivity index (χ4n) is 4.05. The van der Waals surface area contributed by atoms with Crippen LogP contribution in [0, 0.1) is 0 Å². The highest BCUT2D eigenvalue weighted by molar-refractivity contribution is 6.11. The molecule has 0 unspecified atom stereocenters. The number of amides is 4. The van der Waals surface area contributed by atoms with Gasteiger partial charge in [0.15, 0.2) is 5.78 Å². The lowest BCUT2D eigenvalue weighted by atomic mass is 9.82. The standard InChI is InChI=1S/C22H29N3O4/c1-2-3-5-8-19(27)23-17-11-9-16(10-12-17)18(26)15-25-20(28)22(24-21(25)29)13-6-4-7-14-22/h9-12H,2-8,13-15H2,1H3,(H,23,27)(H,24,29). The van der Waals surface area contributed by atoms with Crippen molar-refractivity contribution in [1.82, 2.24) is 10.2 Å². The summed E-state index contributed by atoms with van der Waals surface area (Å²) in [5.41, 5.74) is 0.208. The van der Waals surface area contributed by atoms with E-state index < -0.39 is 11.6 Å². The molecule has 1 saturated carbocycles. The average Bonchev–Trinajstić information content (AvgIpc) is 2.93. The lowest BCUT2D eigenvalue weighted by molar-refractivity contribution is -0.132. The first-order valence-corrected chi connectivity index (χ1v) is 10.5. The zero-order valence-corrected chi connectivity index (χ0v) is 17.0. The number of ketones is 1. The number of carbonyl (C=O) groups is 4. The van der Waals surface area contributed by atoms with Crippen molar-refractivity contribution in [2.45, 2.75) is 70.3 Å². The number of benzene rings is 1. The van der Waals surface area contributed by atoms with Gasteiger partial charge in [-0.2, -0.15) is 0 Å². The second-order valence-electron chi connectivity index (χ2n) is 7.97. The first-order chi connectivity index (χ1) is 13.9. The largest absolute Gasteiger partial charge is 0.326 e. The molecule has 0 bridgehead atoms. The molecule has 29 heavy (non-hydrogen) atoms. The van der Waals surface area contributed by atoms with E-state index >= 15 is 0 Å². The van der Waals surface area contributed by atoms with Gasteiger partial charge in [-0.15, -0.1) is 0 Å². The van der Waals surface area contributed by atoms with Crippen molar-refractivity contribution < 1.29 is 19.2 Å². The second kappa shape index (κ2) is 9.20. The first-order valence-electron chi connectivity index (χ1n) is 10.5. The molecule has 1 aliphatic carbocycles.